The van der Waals surface area contributed by atoms with Crippen LogP contribution in [-0.2, 0) is 4.79 Å². The van der Waals surface area contributed by atoms with Gasteiger partial charge in [0.1, 0.15) is 11.6 Å². The van der Waals surface area contributed by atoms with Crippen LogP contribution < -0.4 is 15.4 Å². The number of aromatic nitrogens is 1. The summed E-state index contributed by atoms with van der Waals surface area (Å²) in [5.74, 6) is -1.25. The van der Waals surface area contributed by atoms with Crippen molar-refractivity contribution in [3.05, 3.63) is 82.8 Å². The van der Waals surface area contributed by atoms with E-state index in [9.17, 15) is 14.0 Å². The Morgan fingerprint density at radius 2 is 1.77 bits per heavy atom. The van der Waals surface area contributed by atoms with E-state index < -0.39 is 17.6 Å². The Hall–Kier alpha value is -3.56. The summed E-state index contributed by atoms with van der Waals surface area (Å²) < 4.78 is 19.2. The molecule has 31 heavy (non-hydrogen) atoms. The quantitative estimate of drug-likeness (QED) is 0.399. The smallest absolute Gasteiger partial charge is 0.262 e. The third-order valence-electron chi connectivity index (χ3n) is 4.14. The van der Waals surface area contributed by atoms with E-state index >= 15 is 0 Å². The molecule has 4 rings (SSSR count). The van der Waals surface area contributed by atoms with Crippen LogP contribution in [0.25, 0.3) is 10.6 Å². The van der Waals surface area contributed by atoms with Gasteiger partial charge in [0.15, 0.2) is 11.7 Å². The number of rotatable bonds is 7. The van der Waals surface area contributed by atoms with Gasteiger partial charge in [0.25, 0.3) is 11.8 Å². The van der Waals surface area contributed by atoms with E-state index in [1.54, 1.807) is 41.7 Å². The second kappa shape index (κ2) is 9.50. The van der Waals surface area contributed by atoms with E-state index in [-0.39, 0.29) is 23.6 Å². The van der Waals surface area contributed by atoms with E-state index in [4.69, 9.17) is 4.74 Å². The first-order chi connectivity index (χ1) is 15.1. The zero-order valence-corrected chi connectivity index (χ0v) is 17.6. The molecule has 0 saturated carbocycles. The van der Waals surface area contributed by atoms with Gasteiger partial charge < -0.3 is 10.1 Å². The van der Waals surface area contributed by atoms with Gasteiger partial charge in [-0.2, -0.15) is 0 Å². The standard InChI is InChI=1S/C22H16FN3O3S2/c23-15-7-2-3-8-16(15)24-20(27)12-29-18-9-4-1-6-14(18)21(28)26-22-25-17(13-31-22)19-10-5-11-30-19/h1-11,13H,12H2,(H,24,27)(H,25,26,28). The van der Waals surface area contributed by atoms with Gasteiger partial charge in [-0.05, 0) is 35.7 Å². The summed E-state index contributed by atoms with van der Waals surface area (Å²) in [5, 5.41) is 9.49. The molecule has 0 saturated heterocycles. The minimum Gasteiger partial charge on any atom is -0.483 e. The van der Waals surface area contributed by atoms with Crippen LogP contribution >= 0.6 is 22.7 Å². The topological polar surface area (TPSA) is 80.3 Å². The van der Waals surface area contributed by atoms with Crippen molar-refractivity contribution in [2.24, 2.45) is 0 Å². The number of para-hydroxylation sites is 2. The maximum atomic E-state index is 13.7. The Morgan fingerprint density at radius 1 is 0.968 bits per heavy atom. The van der Waals surface area contributed by atoms with Gasteiger partial charge in [-0.3, -0.25) is 14.9 Å². The first-order valence-corrected chi connectivity index (χ1v) is 10.9. The second-order valence-electron chi connectivity index (χ2n) is 6.28. The molecule has 9 heteroatoms. The lowest BCUT2D eigenvalue weighted by Crippen LogP contribution is -2.22. The molecule has 4 aromatic rings. The highest BCUT2D eigenvalue weighted by atomic mass is 32.1. The third-order valence-corrected chi connectivity index (χ3v) is 5.79. The molecule has 0 unspecified atom stereocenters. The highest BCUT2D eigenvalue weighted by Crippen LogP contribution is 2.29. The van der Waals surface area contributed by atoms with Crippen LogP contribution in [0.4, 0.5) is 15.2 Å². The van der Waals surface area contributed by atoms with Crippen molar-refractivity contribution in [1.82, 2.24) is 4.98 Å². The number of carbonyl (C=O) groups is 2. The predicted molar refractivity (Wildman–Crippen MR) is 120 cm³/mol. The van der Waals surface area contributed by atoms with Gasteiger partial charge >= 0.3 is 0 Å². The van der Waals surface area contributed by atoms with Crippen LogP contribution in [0.1, 0.15) is 10.4 Å². The van der Waals surface area contributed by atoms with Gasteiger partial charge in [0.05, 0.1) is 21.8 Å². The summed E-state index contributed by atoms with van der Waals surface area (Å²) in [5.41, 5.74) is 1.12. The molecule has 2 aromatic carbocycles. The number of amides is 2. The molecule has 2 amide bonds. The fourth-order valence-corrected chi connectivity index (χ4v) is 4.17. The van der Waals surface area contributed by atoms with Crippen LogP contribution in [0.2, 0.25) is 0 Å². The lowest BCUT2D eigenvalue weighted by atomic mass is 10.2. The Morgan fingerprint density at radius 3 is 2.58 bits per heavy atom. The first-order valence-electron chi connectivity index (χ1n) is 9.17. The molecular formula is C22H16FN3O3S2. The van der Waals surface area contributed by atoms with Crippen molar-refractivity contribution in [1.29, 1.82) is 0 Å². The fraction of sp³-hybridized carbons (Fsp3) is 0.0455. The average molecular weight is 454 g/mol. The van der Waals surface area contributed by atoms with Crippen LogP contribution in [0, 0.1) is 5.82 Å². The molecule has 0 aliphatic carbocycles. The SMILES string of the molecule is O=C(COc1ccccc1C(=O)Nc1nc(-c2cccs2)cs1)Nc1ccccc1F. The Labute approximate surface area is 185 Å². The number of hydrogen-bond donors (Lipinski definition) is 2. The van der Waals surface area contributed by atoms with Crippen LogP contribution in [0.5, 0.6) is 5.75 Å². The number of thiazole rings is 1. The summed E-state index contributed by atoms with van der Waals surface area (Å²) in [6.45, 7) is -0.377. The molecule has 2 N–H and O–H groups in total. The normalized spacial score (nSPS) is 10.5. The Bertz CT molecular complexity index is 1210. The number of nitrogens with one attached hydrogen (secondary N) is 2. The van der Waals surface area contributed by atoms with E-state index in [2.05, 4.69) is 15.6 Å². The molecule has 0 atom stereocenters. The Kier molecular flexibility index (Phi) is 6.34. The van der Waals surface area contributed by atoms with E-state index in [0.717, 1.165) is 10.6 Å². The van der Waals surface area contributed by atoms with Crippen LogP contribution in [0.15, 0.2) is 71.4 Å². The zero-order valence-electron chi connectivity index (χ0n) is 16.0. The van der Waals surface area contributed by atoms with Gasteiger partial charge in [-0.1, -0.05) is 30.3 Å². The molecule has 2 heterocycles. The number of thiophene rings is 1. The summed E-state index contributed by atoms with van der Waals surface area (Å²) in [6, 6.07) is 16.3. The van der Waals surface area contributed by atoms with Crippen molar-refractivity contribution >= 4 is 45.3 Å². The first kappa shape index (κ1) is 20.7. The van der Waals surface area contributed by atoms with E-state index in [1.165, 1.54) is 29.5 Å². The number of halogens is 1. The fourth-order valence-electron chi connectivity index (χ4n) is 2.71. The molecular weight excluding hydrogens is 437 g/mol. The monoisotopic (exact) mass is 453 g/mol. The lowest BCUT2D eigenvalue weighted by Gasteiger charge is -2.11. The summed E-state index contributed by atoms with van der Waals surface area (Å²) in [7, 11) is 0. The van der Waals surface area contributed by atoms with Crippen molar-refractivity contribution in [3.63, 3.8) is 0 Å². The van der Waals surface area contributed by atoms with Crippen molar-refractivity contribution in [3.8, 4) is 16.3 Å². The minimum absolute atomic E-state index is 0.0624. The number of ether oxygens (including phenoxy) is 1. The minimum atomic E-state index is -0.541. The van der Waals surface area contributed by atoms with Gasteiger partial charge in [0.2, 0.25) is 0 Å². The second-order valence-corrected chi connectivity index (χ2v) is 8.09. The molecule has 0 bridgehead atoms. The summed E-state index contributed by atoms with van der Waals surface area (Å²) in [4.78, 5) is 30.3. The van der Waals surface area contributed by atoms with Crippen molar-refractivity contribution in [2.45, 2.75) is 0 Å². The average Bonchev–Trinajstić information content (AvgIpc) is 3.46. The number of hydrogen-bond acceptors (Lipinski definition) is 6. The molecule has 0 radical (unpaired) electrons. The maximum absolute atomic E-state index is 13.7. The maximum Gasteiger partial charge on any atom is 0.262 e. The molecule has 0 spiro atoms. The van der Waals surface area contributed by atoms with Crippen molar-refractivity contribution in [2.75, 3.05) is 17.2 Å². The lowest BCUT2D eigenvalue weighted by molar-refractivity contribution is -0.118. The van der Waals surface area contributed by atoms with Crippen LogP contribution in [-0.4, -0.2) is 23.4 Å². The van der Waals surface area contributed by atoms with Crippen molar-refractivity contribution < 1.29 is 18.7 Å². The zero-order chi connectivity index (χ0) is 21.6. The van der Waals surface area contributed by atoms with Crippen LogP contribution in [0.3, 0.4) is 0 Å². The molecule has 0 aliphatic rings. The third kappa shape index (κ3) is 5.14. The van der Waals surface area contributed by atoms with E-state index in [1.807, 2.05) is 22.9 Å². The number of anilines is 2. The highest BCUT2D eigenvalue weighted by Gasteiger charge is 2.16. The molecule has 156 valence electrons. The van der Waals surface area contributed by atoms with Gasteiger partial charge in [0, 0.05) is 5.38 Å². The molecule has 0 aliphatic heterocycles. The molecule has 0 fully saturated rings. The number of nitrogens with zero attached hydrogens (tertiary/aromatic N) is 1. The molecule has 6 nitrogen and oxygen atoms in total. The summed E-state index contributed by atoms with van der Waals surface area (Å²) >= 11 is 2.89. The van der Waals surface area contributed by atoms with Gasteiger partial charge in [-0.25, -0.2) is 9.37 Å². The van der Waals surface area contributed by atoms with E-state index in [0.29, 0.717) is 5.13 Å². The predicted octanol–water partition coefficient (Wildman–Crippen LogP) is 5.28. The highest BCUT2D eigenvalue weighted by molar-refractivity contribution is 7.16. The number of carbonyl (C=O) groups excluding carboxylic acids is 2. The molecule has 2 aromatic heterocycles. The number of benzene rings is 2. The largest absolute Gasteiger partial charge is 0.483 e. The Balaban J connectivity index is 1.40. The summed E-state index contributed by atoms with van der Waals surface area (Å²) in [6.07, 6.45) is 0. The van der Waals surface area contributed by atoms with Gasteiger partial charge in [-0.15, -0.1) is 22.7 Å².